The van der Waals surface area contributed by atoms with E-state index in [2.05, 4.69) is 0 Å². The maximum Gasteiger partial charge on any atom is -1.00 e. The van der Waals surface area contributed by atoms with Gasteiger partial charge in [0.2, 0.25) is 0 Å². The van der Waals surface area contributed by atoms with E-state index in [1.807, 2.05) is 30.3 Å². The first kappa shape index (κ1) is 12.0. The fourth-order valence-electron chi connectivity index (χ4n) is 0.453. The van der Waals surface area contributed by atoms with Crippen LogP contribution in [0.4, 0.5) is 0 Å². The number of hydrogen-bond acceptors (Lipinski definition) is 0. The quantitative estimate of drug-likeness (QED) is 0.402. The van der Waals surface area contributed by atoms with Gasteiger partial charge in [0.1, 0.15) is 0 Å². The standard InChI is InChI=1S/C6H5B.2BrH/c7-6-4-2-1-3-5-6;;/h1-5H;2*1H/q+2;;/p-2. The maximum absolute atomic E-state index is 5.36. The van der Waals surface area contributed by atoms with E-state index >= 15 is 0 Å². The van der Waals surface area contributed by atoms with E-state index in [4.69, 9.17) is 7.85 Å². The van der Waals surface area contributed by atoms with Crippen LogP contribution in [0.1, 0.15) is 0 Å². The maximum atomic E-state index is 5.36. The molecule has 0 aliphatic carbocycles. The predicted octanol–water partition coefficient (Wildman–Crippen LogP) is -5.51. The summed E-state index contributed by atoms with van der Waals surface area (Å²) in [6.07, 6.45) is 0. The number of benzene rings is 1. The summed E-state index contributed by atoms with van der Waals surface area (Å²) < 4.78 is 0. The van der Waals surface area contributed by atoms with Crippen LogP contribution in [0.3, 0.4) is 0 Å². The van der Waals surface area contributed by atoms with Crippen LogP contribution in [0.25, 0.3) is 0 Å². The van der Waals surface area contributed by atoms with E-state index in [0.29, 0.717) is 0 Å². The van der Waals surface area contributed by atoms with E-state index in [-0.39, 0.29) is 34.0 Å². The van der Waals surface area contributed by atoms with Gasteiger partial charge in [-0.15, -0.1) is 0 Å². The van der Waals surface area contributed by atoms with Gasteiger partial charge < -0.3 is 34.0 Å². The minimum Gasteiger partial charge on any atom is -1.00 e. The van der Waals surface area contributed by atoms with Gasteiger partial charge in [0, 0.05) is 0 Å². The molecule has 0 amide bonds. The molecule has 3 heteroatoms. The SMILES string of the molecule is [B+2]c1ccccc1.[Br-].[Br-]. The summed E-state index contributed by atoms with van der Waals surface area (Å²) in [6.45, 7) is 0. The summed E-state index contributed by atoms with van der Waals surface area (Å²) in [4.78, 5) is 0. The van der Waals surface area contributed by atoms with E-state index in [9.17, 15) is 0 Å². The molecule has 0 fully saturated rings. The van der Waals surface area contributed by atoms with Gasteiger partial charge in [0.25, 0.3) is 0 Å². The van der Waals surface area contributed by atoms with Gasteiger partial charge in [0.05, 0.1) is 0 Å². The van der Waals surface area contributed by atoms with Crippen LogP contribution < -0.4 is 39.4 Å². The van der Waals surface area contributed by atoms with Crippen molar-refractivity contribution in [3.63, 3.8) is 0 Å². The van der Waals surface area contributed by atoms with Gasteiger partial charge in [-0.05, 0) is 0 Å². The van der Waals surface area contributed by atoms with Crippen molar-refractivity contribution in [1.82, 2.24) is 0 Å². The Kier molecular flexibility index (Phi) is 8.47. The summed E-state index contributed by atoms with van der Waals surface area (Å²) in [6, 6.07) is 9.49. The first-order valence-corrected chi connectivity index (χ1v) is 2.20. The van der Waals surface area contributed by atoms with Crippen LogP contribution in [0.2, 0.25) is 0 Å². The molecular formula is C6H5BBr2. The van der Waals surface area contributed by atoms with Crippen molar-refractivity contribution in [2.75, 3.05) is 0 Å². The molecule has 0 aliphatic rings. The molecule has 1 aromatic carbocycles. The number of halogens is 2. The van der Waals surface area contributed by atoms with E-state index in [1.54, 1.807) is 0 Å². The van der Waals surface area contributed by atoms with Gasteiger partial charge in [-0.1, -0.05) is 0 Å². The molecule has 0 N–H and O–H groups in total. The Morgan fingerprint density at radius 1 is 0.889 bits per heavy atom. The molecule has 0 nitrogen and oxygen atoms in total. The second kappa shape index (κ2) is 6.37. The molecule has 46 valence electrons. The molecule has 0 radical (unpaired) electrons. The molecule has 0 bridgehead atoms. The number of rotatable bonds is 0. The predicted molar refractivity (Wildman–Crippen MR) is 31.8 cm³/mol. The van der Waals surface area contributed by atoms with Crippen LogP contribution in [0, 0.1) is 0 Å². The summed E-state index contributed by atoms with van der Waals surface area (Å²) >= 11 is 0. The fraction of sp³-hybridized carbons (Fsp3) is 0. The van der Waals surface area contributed by atoms with Crippen LogP contribution in [-0.2, 0) is 0 Å². The third-order valence-corrected chi connectivity index (χ3v) is 0.800. The molecule has 0 atom stereocenters. The van der Waals surface area contributed by atoms with Gasteiger partial charge >= 0.3 is 43.6 Å². The zero-order valence-electron chi connectivity index (χ0n) is 4.72. The normalized spacial score (nSPS) is 6.89. The van der Waals surface area contributed by atoms with E-state index in [1.165, 1.54) is 0 Å². The third-order valence-electron chi connectivity index (χ3n) is 0.800. The smallest absolute Gasteiger partial charge is 1.00 e. The van der Waals surface area contributed by atoms with Crippen LogP contribution in [0.5, 0.6) is 0 Å². The minimum absolute atomic E-state index is 0. The molecule has 0 aliphatic heterocycles. The Morgan fingerprint density at radius 3 is 1.56 bits per heavy atom. The van der Waals surface area contributed by atoms with Crippen molar-refractivity contribution in [3.05, 3.63) is 30.3 Å². The second-order valence-electron chi connectivity index (χ2n) is 1.41. The van der Waals surface area contributed by atoms with E-state index < -0.39 is 0 Å². The molecular weight excluding hydrogens is 243 g/mol. The molecule has 1 aromatic rings. The molecule has 0 saturated carbocycles. The second-order valence-corrected chi connectivity index (χ2v) is 1.41. The first-order chi connectivity index (χ1) is 3.39. The van der Waals surface area contributed by atoms with Crippen molar-refractivity contribution >= 4 is 13.3 Å². The van der Waals surface area contributed by atoms with E-state index in [0.717, 1.165) is 5.46 Å². The Labute approximate surface area is 77.6 Å². The summed E-state index contributed by atoms with van der Waals surface area (Å²) in [7, 11) is 5.36. The molecule has 0 saturated heterocycles. The van der Waals surface area contributed by atoms with Crippen molar-refractivity contribution < 1.29 is 34.0 Å². The first-order valence-electron chi connectivity index (χ1n) is 2.20. The molecule has 0 heterocycles. The zero-order valence-corrected chi connectivity index (χ0v) is 7.89. The van der Waals surface area contributed by atoms with Gasteiger partial charge in [-0.2, -0.15) is 0 Å². The monoisotopic (exact) mass is 246 g/mol. The average Bonchev–Trinajstić information content (AvgIpc) is 1.69. The minimum atomic E-state index is 0. The van der Waals surface area contributed by atoms with Crippen molar-refractivity contribution in [1.29, 1.82) is 0 Å². The van der Waals surface area contributed by atoms with Crippen LogP contribution >= 0.6 is 0 Å². The Morgan fingerprint density at radius 2 is 1.33 bits per heavy atom. The molecule has 0 aromatic heterocycles. The Bertz CT molecular complexity index is 141. The van der Waals surface area contributed by atoms with Gasteiger partial charge in [-0.25, -0.2) is 0 Å². The topological polar surface area (TPSA) is 0 Å². The molecule has 9 heavy (non-hydrogen) atoms. The van der Waals surface area contributed by atoms with Crippen LogP contribution in [0.15, 0.2) is 30.3 Å². The Hall–Kier alpha value is 0.245. The molecule has 1 rings (SSSR count). The van der Waals surface area contributed by atoms with Gasteiger partial charge in [0.15, 0.2) is 0 Å². The third kappa shape index (κ3) is 4.73. The van der Waals surface area contributed by atoms with Crippen LogP contribution in [-0.4, -0.2) is 7.85 Å². The molecule has 0 spiro atoms. The van der Waals surface area contributed by atoms with Gasteiger partial charge in [-0.3, -0.25) is 0 Å². The van der Waals surface area contributed by atoms with Crippen molar-refractivity contribution in [2.45, 2.75) is 0 Å². The Balaban J connectivity index is 0. The summed E-state index contributed by atoms with van der Waals surface area (Å²) in [5.74, 6) is 0. The van der Waals surface area contributed by atoms with Crippen molar-refractivity contribution in [2.24, 2.45) is 0 Å². The largest absolute Gasteiger partial charge is 1.00 e. The zero-order chi connectivity index (χ0) is 5.11. The number of hydrogen-bond donors (Lipinski definition) is 0. The fourth-order valence-corrected chi connectivity index (χ4v) is 0.453. The average molecular weight is 248 g/mol. The molecule has 0 unspecified atom stereocenters. The van der Waals surface area contributed by atoms with Crippen molar-refractivity contribution in [3.8, 4) is 0 Å². The summed E-state index contributed by atoms with van der Waals surface area (Å²) in [5, 5.41) is 0. The summed E-state index contributed by atoms with van der Waals surface area (Å²) in [5.41, 5.74) is 0.822.